The van der Waals surface area contributed by atoms with Gasteiger partial charge in [-0.15, -0.1) is 0 Å². The van der Waals surface area contributed by atoms with Gasteiger partial charge in [-0.25, -0.2) is 4.39 Å². The van der Waals surface area contributed by atoms with Crippen molar-refractivity contribution in [1.82, 2.24) is 4.90 Å². The second-order valence-corrected chi connectivity index (χ2v) is 5.24. The fraction of sp³-hybridized carbons (Fsp3) is 0.333. The molecule has 2 aromatic rings. The SMILES string of the molecule is COc1ccc(CN(CCO)Cc2ccc(F)cc2)c(OC)c1. The van der Waals surface area contributed by atoms with Gasteiger partial charge in [-0.2, -0.15) is 0 Å². The van der Waals surface area contributed by atoms with E-state index < -0.39 is 0 Å². The number of rotatable bonds is 8. The molecule has 5 heteroatoms. The van der Waals surface area contributed by atoms with Crippen LogP contribution in [0.15, 0.2) is 42.5 Å². The number of aliphatic hydroxyl groups is 1. The highest BCUT2D eigenvalue weighted by molar-refractivity contribution is 5.40. The molecule has 0 heterocycles. The zero-order valence-electron chi connectivity index (χ0n) is 13.5. The van der Waals surface area contributed by atoms with E-state index in [1.54, 1.807) is 26.4 Å². The van der Waals surface area contributed by atoms with Crippen LogP contribution in [0, 0.1) is 5.82 Å². The first-order chi connectivity index (χ1) is 11.2. The molecular weight excluding hydrogens is 297 g/mol. The Morgan fingerprint density at radius 3 is 2.35 bits per heavy atom. The molecule has 0 unspecified atom stereocenters. The molecule has 0 aliphatic carbocycles. The quantitative estimate of drug-likeness (QED) is 0.812. The normalized spacial score (nSPS) is 10.8. The summed E-state index contributed by atoms with van der Waals surface area (Å²) in [7, 11) is 3.23. The fourth-order valence-electron chi connectivity index (χ4n) is 2.43. The van der Waals surface area contributed by atoms with Crippen molar-refractivity contribution in [2.45, 2.75) is 13.1 Å². The summed E-state index contributed by atoms with van der Waals surface area (Å²) in [5.74, 6) is 1.23. The highest BCUT2D eigenvalue weighted by Gasteiger charge is 2.11. The maximum absolute atomic E-state index is 13.0. The third kappa shape index (κ3) is 4.94. The van der Waals surface area contributed by atoms with Crippen molar-refractivity contribution in [2.75, 3.05) is 27.4 Å². The Morgan fingerprint density at radius 2 is 1.74 bits per heavy atom. The monoisotopic (exact) mass is 319 g/mol. The second kappa shape index (κ2) is 8.50. The average molecular weight is 319 g/mol. The Hall–Kier alpha value is -2.11. The highest BCUT2D eigenvalue weighted by Crippen LogP contribution is 2.26. The number of ether oxygens (including phenoxy) is 2. The molecule has 0 saturated heterocycles. The predicted molar refractivity (Wildman–Crippen MR) is 87.1 cm³/mol. The molecule has 0 bridgehead atoms. The van der Waals surface area contributed by atoms with Gasteiger partial charge in [0.15, 0.2) is 0 Å². The highest BCUT2D eigenvalue weighted by atomic mass is 19.1. The summed E-state index contributed by atoms with van der Waals surface area (Å²) in [5, 5.41) is 9.29. The largest absolute Gasteiger partial charge is 0.497 e. The van der Waals surface area contributed by atoms with E-state index in [1.807, 2.05) is 18.2 Å². The van der Waals surface area contributed by atoms with Crippen LogP contribution < -0.4 is 9.47 Å². The van der Waals surface area contributed by atoms with Gasteiger partial charge < -0.3 is 14.6 Å². The third-order valence-electron chi connectivity index (χ3n) is 3.62. The lowest BCUT2D eigenvalue weighted by Crippen LogP contribution is -2.26. The molecule has 0 saturated carbocycles. The van der Waals surface area contributed by atoms with Crippen LogP contribution in [0.1, 0.15) is 11.1 Å². The Bertz CT molecular complexity index is 616. The maximum Gasteiger partial charge on any atom is 0.127 e. The average Bonchev–Trinajstić information content (AvgIpc) is 2.57. The molecule has 23 heavy (non-hydrogen) atoms. The summed E-state index contributed by atoms with van der Waals surface area (Å²) in [6, 6.07) is 12.1. The molecule has 0 amide bonds. The lowest BCUT2D eigenvalue weighted by molar-refractivity contribution is 0.183. The van der Waals surface area contributed by atoms with Crippen LogP contribution in [0.25, 0.3) is 0 Å². The summed E-state index contributed by atoms with van der Waals surface area (Å²) in [4.78, 5) is 2.08. The molecule has 0 spiro atoms. The van der Waals surface area contributed by atoms with E-state index in [9.17, 15) is 9.50 Å². The number of aliphatic hydroxyl groups excluding tert-OH is 1. The van der Waals surface area contributed by atoms with E-state index in [-0.39, 0.29) is 12.4 Å². The number of benzene rings is 2. The molecule has 2 rings (SSSR count). The van der Waals surface area contributed by atoms with Crippen molar-refractivity contribution in [1.29, 1.82) is 0 Å². The first-order valence-electron chi connectivity index (χ1n) is 7.45. The van der Waals surface area contributed by atoms with Crippen LogP contribution in [0.4, 0.5) is 4.39 Å². The van der Waals surface area contributed by atoms with Gasteiger partial charge in [-0.3, -0.25) is 4.90 Å². The molecule has 0 radical (unpaired) electrons. The zero-order valence-corrected chi connectivity index (χ0v) is 13.5. The van der Waals surface area contributed by atoms with Gasteiger partial charge in [0.2, 0.25) is 0 Å². The predicted octanol–water partition coefficient (Wildman–Crippen LogP) is 2.84. The molecule has 124 valence electrons. The van der Waals surface area contributed by atoms with E-state index in [4.69, 9.17) is 9.47 Å². The number of hydrogen-bond acceptors (Lipinski definition) is 4. The molecule has 0 aliphatic rings. The number of nitrogens with zero attached hydrogens (tertiary/aromatic N) is 1. The molecule has 0 atom stereocenters. The molecular formula is C18H22FNO3. The van der Waals surface area contributed by atoms with Gasteiger partial charge in [0, 0.05) is 31.3 Å². The first-order valence-corrected chi connectivity index (χ1v) is 7.45. The summed E-state index contributed by atoms with van der Waals surface area (Å²) in [6.07, 6.45) is 0. The molecule has 1 N–H and O–H groups in total. The van der Waals surface area contributed by atoms with Gasteiger partial charge in [0.05, 0.1) is 20.8 Å². The van der Waals surface area contributed by atoms with E-state index in [2.05, 4.69) is 4.90 Å². The standard InChI is InChI=1S/C18H22FNO3/c1-22-17-8-5-15(18(11-17)23-2)13-20(9-10-21)12-14-3-6-16(19)7-4-14/h3-8,11,21H,9-10,12-13H2,1-2H3. The number of halogens is 1. The minimum atomic E-state index is -0.251. The van der Waals surface area contributed by atoms with Gasteiger partial charge in [0.25, 0.3) is 0 Å². The number of hydrogen-bond donors (Lipinski definition) is 1. The van der Waals surface area contributed by atoms with Gasteiger partial charge in [0.1, 0.15) is 17.3 Å². The van der Waals surface area contributed by atoms with Crippen molar-refractivity contribution in [3.05, 3.63) is 59.4 Å². The topological polar surface area (TPSA) is 41.9 Å². The first kappa shape index (κ1) is 17.2. The lowest BCUT2D eigenvalue weighted by atomic mass is 10.1. The van der Waals surface area contributed by atoms with Crippen molar-refractivity contribution >= 4 is 0 Å². The molecule has 0 aromatic heterocycles. The number of methoxy groups -OCH3 is 2. The van der Waals surface area contributed by atoms with E-state index in [0.29, 0.717) is 19.6 Å². The van der Waals surface area contributed by atoms with Crippen LogP contribution in [-0.2, 0) is 13.1 Å². The van der Waals surface area contributed by atoms with Crippen LogP contribution in [-0.4, -0.2) is 37.4 Å². The van der Waals surface area contributed by atoms with Gasteiger partial charge >= 0.3 is 0 Å². The summed E-state index contributed by atoms with van der Waals surface area (Å²) in [5.41, 5.74) is 2.00. The van der Waals surface area contributed by atoms with Crippen molar-refractivity contribution in [3.63, 3.8) is 0 Å². The van der Waals surface area contributed by atoms with Crippen LogP contribution in [0.2, 0.25) is 0 Å². The van der Waals surface area contributed by atoms with Gasteiger partial charge in [-0.1, -0.05) is 18.2 Å². The van der Waals surface area contributed by atoms with E-state index in [0.717, 1.165) is 22.6 Å². The zero-order chi connectivity index (χ0) is 16.7. The maximum atomic E-state index is 13.0. The Morgan fingerprint density at radius 1 is 1.00 bits per heavy atom. The Balaban J connectivity index is 2.13. The Labute approximate surface area is 136 Å². The van der Waals surface area contributed by atoms with Crippen molar-refractivity contribution < 1.29 is 19.0 Å². The van der Waals surface area contributed by atoms with E-state index in [1.165, 1.54) is 12.1 Å². The third-order valence-corrected chi connectivity index (χ3v) is 3.62. The van der Waals surface area contributed by atoms with Crippen molar-refractivity contribution in [2.24, 2.45) is 0 Å². The van der Waals surface area contributed by atoms with Gasteiger partial charge in [-0.05, 0) is 23.8 Å². The van der Waals surface area contributed by atoms with Crippen LogP contribution in [0.3, 0.4) is 0 Å². The minimum Gasteiger partial charge on any atom is -0.497 e. The molecule has 0 aliphatic heterocycles. The lowest BCUT2D eigenvalue weighted by Gasteiger charge is -2.23. The molecule has 4 nitrogen and oxygen atoms in total. The Kier molecular flexibility index (Phi) is 6.38. The second-order valence-electron chi connectivity index (χ2n) is 5.24. The molecule has 0 fully saturated rings. The molecule has 2 aromatic carbocycles. The van der Waals surface area contributed by atoms with Crippen LogP contribution in [0.5, 0.6) is 11.5 Å². The van der Waals surface area contributed by atoms with E-state index >= 15 is 0 Å². The smallest absolute Gasteiger partial charge is 0.127 e. The minimum absolute atomic E-state index is 0.0552. The summed E-state index contributed by atoms with van der Waals surface area (Å²) < 4.78 is 23.6. The fourth-order valence-corrected chi connectivity index (χ4v) is 2.43. The van der Waals surface area contributed by atoms with Crippen molar-refractivity contribution in [3.8, 4) is 11.5 Å². The summed E-state index contributed by atoms with van der Waals surface area (Å²) >= 11 is 0. The van der Waals surface area contributed by atoms with Crippen LogP contribution >= 0.6 is 0 Å². The summed E-state index contributed by atoms with van der Waals surface area (Å²) in [6.45, 7) is 1.81.